The summed E-state index contributed by atoms with van der Waals surface area (Å²) < 4.78 is 45.1. The van der Waals surface area contributed by atoms with Crippen molar-refractivity contribution in [3.63, 3.8) is 0 Å². The van der Waals surface area contributed by atoms with E-state index in [0.717, 1.165) is 36.2 Å². The van der Waals surface area contributed by atoms with Crippen LogP contribution >= 0.6 is 0 Å². The van der Waals surface area contributed by atoms with E-state index in [1.807, 2.05) is 6.07 Å². The van der Waals surface area contributed by atoms with E-state index in [1.54, 1.807) is 26.1 Å². The van der Waals surface area contributed by atoms with Gasteiger partial charge in [0.2, 0.25) is 18.7 Å². The number of fused-ring (bicyclic) bond motifs is 5. The molecular formula is C54H58F2N10O7. The molecule has 0 spiro atoms. The minimum absolute atomic E-state index is 0.0128. The first-order chi connectivity index (χ1) is 35.3. The number of phenolic OH excluding ortho intramolecular Hbond substituents is 1. The van der Waals surface area contributed by atoms with E-state index < -0.39 is 35.0 Å². The maximum absolute atomic E-state index is 17.2. The average Bonchev–Trinajstić information content (AvgIpc) is 4.02. The summed E-state index contributed by atoms with van der Waals surface area (Å²) in [6, 6.07) is 10.4. The van der Waals surface area contributed by atoms with Crippen LogP contribution in [0.15, 0.2) is 73.1 Å². The molecule has 5 unspecified atom stereocenters. The Labute approximate surface area is 421 Å². The van der Waals surface area contributed by atoms with Crippen LogP contribution in [-0.2, 0) is 19.1 Å². The second-order valence-electron chi connectivity index (χ2n) is 19.3. The summed E-state index contributed by atoms with van der Waals surface area (Å²) in [7, 11) is 1.56. The fourth-order valence-corrected chi connectivity index (χ4v) is 11.2. The summed E-state index contributed by atoms with van der Waals surface area (Å²) in [4.78, 5) is 67.0. The Morgan fingerprint density at radius 3 is 2.62 bits per heavy atom. The lowest BCUT2D eigenvalue weighted by Crippen LogP contribution is -2.51. The molecule has 0 aliphatic carbocycles. The minimum atomic E-state index is -0.912. The molecule has 5 aromatic rings. The summed E-state index contributed by atoms with van der Waals surface area (Å²) in [6.07, 6.45) is 13.5. The Morgan fingerprint density at radius 2 is 1.89 bits per heavy atom. The van der Waals surface area contributed by atoms with Gasteiger partial charge in [-0.2, -0.15) is 9.97 Å². The molecule has 4 amide bonds. The van der Waals surface area contributed by atoms with E-state index in [1.165, 1.54) is 30.5 Å². The second-order valence-corrected chi connectivity index (χ2v) is 19.3. The molecule has 73 heavy (non-hydrogen) atoms. The van der Waals surface area contributed by atoms with Crippen LogP contribution < -0.4 is 30.9 Å². The van der Waals surface area contributed by atoms with Crippen LogP contribution in [-0.4, -0.2) is 137 Å². The number of carbonyl (C=O) groups is 4. The number of hydrogen-bond acceptors (Lipinski definition) is 14. The van der Waals surface area contributed by atoms with E-state index in [0.29, 0.717) is 111 Å². The number of aromatic hydroxyl groups is 1. The highest BCUT2D eigenvalue weighted by Crippen LogP contribution is 2.45. The van der Waals surface area contributed by atoms with Gasteiger partial charge in [0.05, 0.1) is 29.7 Å². The van der Waals surface area contributed by atoms with Gasteiger partial charge in [-0.15, -0.1) is 6.42 Å². The zero-order valence-corrected chi connectivity index (χ0v) is 40.8. The smallest absolute Gasteiger partial charge is 0.319 e. The first-order valence-electron chi connectivity index (χ1n) is 24.4. The van der Waals surface area contributed by atoms with Gasteiger partial charge in [0.25, 0.3) is 5.91 Å². The Kier molecular flexibility index (Phi) is 14.7. The third-order valence-corrected chi connectivity index (χ3v) is 14.6. The molecule has 17 nitrogen and oxygen atoms in total. The standard InChI is InChI=1S/C52H53F2N9O6.C2H5NO/c1-5-37-41(53)13-10-32-19-36(65)20-39(44(32)37)46-45(54)47-40(22-56-46)48(61-24-33-11-12-34(25-61)58-33)60-51(59-47)69-27-52-16-15-35(63(52)23-29(2)21-52)26-68-18-17-55-42-8-6-7-38(31(42)4)50(67)62(28-64)43-14-9-30(3)57-49(43)66;1-3-2-4/h1,6-8,10,13,19-20,22,28,33-35,43,55,58,65H,2-3,9,11-12,14-18,21,23-27H2,4H3,(H,57,66);2H,1H3,(H,3,4). The molecule has 5 fully saturated rings. The van der Waals surface area contributed by atoms with E-state index in [2.05, 4.69) is 55.1 Å². The molecule has 5 aliphatic heterocycles. The number of nitrogens with zero attached hydrogens (tertiary/aromatic N) is 6. The van der Waals surface area contributed by atoms with Gasteiger partial charge in [0.1, 0.15) is 41.2 Å². The summed E-state index contributed by atoms with van der Waals surface area (Å²) in [5.41, 5.74) is 2.78. The molecule has 5 atom stereocenters. The zero-order chi connectivity index (χ0) is 51.6. The molecule has 3 aromatic carbocycles. The Morgan fingerprint density at radius 1 is 1.11 bits per heavy atom. The maximum atomic E-state index is 17.2. The molecule has 2 bridgehead atoms. The van der Waals surface area contributed by atoms with Crippen molar-refractivity contribution in [2.75, 3.05) is 63.3 Å². The van der Waals surface area contributed by atoms with Crippen LogP contribution in [0.1, 0.15) is 66.4 Å². The lowest BCUT2D eigenvalue weighted by Gasteiger charge is -2.35. The number of amides is 4. The first kappa shape index (κ1) is 50.4. The van der Waals surface area contributed by atoms with Crippen LogP contribution in [0.3, 0.4) is 0 Å². The molecule has 5 N–H and O–H groups in total. The van der Waals surface area contributed by atoms with Crippen LogP contribution in [0.4, 0.5) is 20.3 Å². The number of halogens is 2. The van der Waals surface area contributed by atoms with Gasteiger partial charge in [0, 0.05) is 85.4 Å². The molecule has 19 heteroatoms. The minimum Gasteiger partial charge on any atom is -0.508 e. The molecule has 7 heterocycles. The third-order valence-electron chi connectivity index (χ3n) is 14.6. The van der Waals surface area contributed by atoms with Crippen LogP contribution in [0.2, 0.25) is 0 Å². The zero-order valence-electron chi connectivity index (χ0n) is 40.8. The van der Waals surface area contributed by atoms with Crippen molar-refractivity contribution in [2.24, 2.45) is 0 Å². The van der Waals surface area contributed by atoms with Crippen molar-refractivity contribution >= 4 is 57.8 Å². The fraction of sp³-hybridized carbons (Fsp3) is 0.389. The Hall–Kier alpha value is -7.53. The number of pyridine rings is 1. The van der Waals surface area contributed by atoms with Crippen LogP contribution in [0.25, 0.3) is 32.9 Å². The SMILES string of the molecule is C#Cc1c(F)ccc2cc(O)cc(-c3ncc4c(N5CC6CCC(C5)N6)nc(OCC56CCC(COCCNc7cccc(C(=O)N(C=O)C8CCC(=C)NC8=O)c7C)N5CC(=C)C6)nc4c3F)c12.CNC=O. The van der Waals surface area contributed by atoms with Gasteiger partial charge < -0.3 is 40.7 Å². The van der Waals surface area contributed by atoms with Crippen molar-refractivity contribution in [1.82, 2.24) is 40.7 Å². The van der Waals surface area contributed by atoms with Gasteiger partial charge >= 0.3 is 6.01 Å². The number of piperazine rings is 1. The largest absolute Gasteiger partial charge is 0.508 e. The predicted octanol–water partition coefficient (Wildman–Crippen LogP) is 5.48. The number of aromatic nitrogens is 3. The average molecular weight is 997 g/mol. The number of hydrogen-bond donors (Lipinski definition) is 5. The molecule has 2 aromatic heterocycles. The number of imide groups is 1. The maximum Gasteiger partial charge on any atom is 0.319 e. The molecule has 5 saturated heterocycles. The fourth-order valence-electron chi connectivity index (χ4n) is 11.2. The number of terminal acetylenes is 1. The molecule has 0 saturated carbocycles. The van der Waals surface area contributed by atoms with Crippen molar-refractivity contribution < 1.29 is 42.5 Å². The Balaban J connectivity index is 0.00000158. The number of nitrogens with one attached hydrogen (secondary N) is 4. The summed E-state index contributed by atoms with van der Waals surface area (Å²) in [6.45, 7) is 13.4. The third kappa shape index (κ3) is 10.0. The van der Waals surface area contributed by atoms with Crippen molar-refractivity contribution in [3.8, 4) is 35.4 Å². The predicted molar refractivity (Wildman–Crippen MR) is 272 cm³/mol. The van der Waals surface area contributed by atoms with Gasteiger partial charge in [-0.05, 0) is 93.2 Å². The summed E-state index contributed by atoms with van der Waals surface area (Å²) >= 11 is 0. The molecule has 0 radical (unpaired) electrons. The number of anilines is 2. The van der Waals surface area contributed by atoms with E-state index >= 15 is 8.78 Å². The monoisotopic (exact) mass is 996 g/mol. The quantitative estimate of drug-likeness (QED) is 0.0382. The first-order valence-corrected chi connectivity index (χ1v) is 24.4. The molecule has 5 aliphatic rings. The van der Waals surface area contributed by atoms with Gasteiger partial charge in [-0.3, -0.25) is 34.0 Å². The normalized spacial score (nSPS) is 22.3. The van der Waals surface area contributed by atoms with Crippen molar-refractivity contribution in [2.45, 2.75) is 81.6 Å². The van der Waals surface area contributed by atoms with Gasteiger partial charge in [-0.25, -0.2) is 8.78 Å². The highest BCUT2D eigenvalue weighted by atomic mass is 19.1. The Bertz CT molecular complexity index is 3060. The number of piperidine rings is 1. The second kappa shape index (κ2) is 21.3. The lowest BCUT2D eigenvalue weighted by molar-refractivity contribution is -0.131. The number of rotatable bonds is 15. The number of phenols is 1. The van der Waals surface area contributed by atoms with Gasteiger partial charge in [0.15, 0.2) is 5.82 Å². The summed E-state index contributed by atoms with van der Waals surface area (Å²) in [5, 5.41) is 23.7. The van der Waals surface area contributed by atoms with Crippen LogP contribution in [0.5, 0.6) is 11.8 Å². The molecular weight excluding hydrogens is 939 g/mol. The topological polar surface area (TPSA) is 203 Å². The van der Waals surface area contributed by atoms with E-state index in [9.17, 15) is 19.5 Å². The molecule has 10 rings (SSSR count). The molecule has 380 valence electrons. The van der Waals surface area contributed by atoms with Gasteiger partial charge in [-0.1, -0.05) is 36.8 Å². The van der Waals surface area contributed by atoms with E-state index in [4.69, 9.17) is 30.7 Å². The number of benzene rings is 3. The van der Waals surface area contributed by atoms with E-state index in [-0.39, 0.29) is 64.2 Å². The highest BCUT2D eigenvalue weighted by molar-refractivity contribution is 6.05. The summed E-state index contributed by atoms with van der Waals surface area (Å²) in [5.74, 6) is 0.333. The van der Waals surface area contributed by atoms with Crippen molar-refractivity contribution in [1.29, 1.82) is 0 Å². The highest BCUT2D eigenvalue weighted by Gasteiger charge is 2.51. The van der Waals surface area contributed by atoms with Crippen molar-refractivity contribution in [3.05, 3.63) is 101 Å². The number of carbonyl (C=O) groups excluding carboxylic acids is 4. The number of ether oxygens (including phenoxy) is 2. The number of allylic oxidation sites excluding steroid dienone is 1. The van der Waals surface area contributed by atoms with Crippen LogP contribution in [0, 0.1) is 30.9 Å². The lowest BCUT2D eigenvalue weighted by atomic mass is 9.94.